The van der Waals surface area contributed by atoms with Gasteiger partial charge in [0.15, 0.2) is 0 Å². The summed E-state index contributed by atoms with van der Waals surface area (Å²) >= 11 is 7.53. The number of amides is 1. The van der Waals surface area contributed by atoms with Gasteiger partial charge in [-0.15, -0.1) is 0 Å². The highest BCUT2D eigenvalue weighted by Crippen LogP contribution is 2.18. The monoisotopic (exact) mass is 316 g/mol. The van der Waals surface area contributed by atoms with Crippen LogP contribution in [0.1, 0.15) is 18.1 Å². The predicted molar refractivity (Wildman–Crippen MR) is 85.2 cm³/mol. The van der Waals surface area contributed by atoms with E-state index in [1.165, 1.54) is 0 Å². The maximum absolute atomic E-state index is 11.8. The third-order valence-electron chi connectivity index (χ3n) is 2.96. The Labute approximate surface area is 129 Å². The van der Waals surface area contributed by atoms with Crippen molar-refractivity contribution in [3.05, 3.63) is 34.9 Å². The van der Waals surface area contributed by atoms with Crippen LogP contribution < -0.4 is 11.1 Å². The summed E-state index contributed by atoms with van der Waals surface area (Å²) in [5.74, 6) is 0.731. The Bertz CT molecular complexity index is 414. The molecule has 112 valence electrons. The molecule has 0 saturated heterocycles. The average Bonchev–Trinajstić information content (AvgIpc) is 2.46. The van der Waals surface area contributed by atoms with Crippen molar-refractivity contribution in [2.75, 3.05) is 25.7 Å². The van der Waals surface area contributed by atoms with Gasteiger partial charge in [-0.1, -0.05) is 23.7 Å². The van der Waals surface area contributed by atoms with Crippen LogP contribution in [0.15, 0.2) is 24.3 Å². The topological polar surface area (TPSA) is 64.3 Å². The molecule has 0 aliphatic heterocycles. The molecule has 2 atom stereocenters. The molecule has 1 aromatic carbocycles. The van der Waals surface area contributed by atoms with E-state index in [0.29, 0.717) is 18.0 Å². The van der Waals surface area contributed by atoms with Crippen LogP contribution in [0.3, 0.4) is 0 Å². The summed E-state index contributed by atoms with van der Waals surface area (Å²) in [5.41, 5.74) is 6.77. The number of halogens is 1. The van der Waals surface area contributed by atoms with Gasteiger partial charge in [-0.25, -0.2) is 0 Å². The minimum Gasteiger partial charge on any atom is -0.375 e. The zero-order valence-electron chi connectivity index (χ0n) is 11.8. The maximum Gasteiger partial charge on any atom is 0.237 e. The highest BCUT2D eigenvalue weighted by atomic mass is 35.5. The molecule has 20 heavy (non-hydrogen) atoms. The summed E-state index contributed by atoms with van der Waals surface area (Å²) < 4.78 is 5.38. The molecule has 0 aromatic heterocycles. The number of hydrogen-bond donors (Lipinski definition) is 2. The molecule has 1 amide bonds. The number of carbonyl (C=O) groups is 1. The Kier molecular flexibility index (Phi) is 7.99. The summed E-state index contributed by atoms with van der Waals surface area (Å²) in [7, 11) is 1.61. The van der Waals surface area contributed by atoms with Crippen molar-refractivity contribution in [3.8, 4) is 0 Å². The van der Waals surface area contributed by atoms with Crippen molar-refractivity contribution in [3.63, 3.8) is 0 Å². The molecular formula is C14H21ClN2O2S. The normalized spacial score (nSPS) is 13.8. The van der Waals surface area contributed by atoms with Gasteiger partial charge in [-0.2, -0.15) is 11.8 Å². The minimum atomic E-state index is -0.467. The first-order valence-corrected chi connectivity index (χ1v) is 8.16. The van der Waals surface area contributed by atoms with Gasteiger partial charge in [0.25, 0.3) is 0 Å². The Balaban J connectivity index is 2.49. The molecular weight excluding hydrogens is 296 g/mol. The number of ether oxygens (including phenoxy) is 1. The second-order valence-electron chi connectivity index (χ2n) is 4.41. The van der Waals surface area contributed by atoms with Crippen LogP contribution >= 0.6 is 23.4 Å². The molecule has 0 bridgehead atoms. The van der Waals surface area contributed by atoms with Crippen molar-refractivity contribution >= 4 is 29.3 Å². The quantitative estimate of drug-likeness (QED) is 0.772. The highest BCUT2D eigenvalue weighted by molar-refractivity contribution is 7.98. The fourth-order valence-corrected chi connectivity index (χ4v) is 2.33. The fourth-order valence-electron chi connectivity index (χ4n) is 1.71. The zero-order valence-corrected chi connectivity index (χ0v) is 13.3. The molecule has 1 aromatic rings. The number of methoxy groups -OCH3 is 1. The van der Waals surface area contributed by atoms with Crippen LogP contribution in [0.25, 0.3) is 0 Å². The smallest absolute Gasteiger partial charge is 0.237 e. The summed E-state index contributed by atoms with van der Waals surface area (Å²) in [5, 5.41) is 3.50. The lowest BCUT2D eigenvalue weighted by atomic mass is 10.1. The zero-order chi connectivity index (χ0) is 15.0. The van der Waals surface area contributed by atoms with E-state index in [9.17, 15) is 4.79 Å². The lowest BCUT2D eigenvalue weighted by Gasteiger charge is -2.18. The number of carbonyl (C=O) groups excluding carboxylic acids is 1. The Morgan fingerprint density at radius 3 is 2.65 bits per heavy atom. The Morgan fingerprint density at radius 2 is 2.10 bits per heavy atom. The van der Waals surface area contributed by atoms with Gasteiger partial charge in [0.05, 0.1) is 12.1 Å². The van der Waals surface area contributed by atoms with E-state index in [4.69, 9.17) is 22.1 Å². The van der Waals surface area contributed by atoms with Crippen LogP contribution in [0, 0.1) is 0 Å². The van der Waals surface area contributed by atoms with Crippen LogP contribution in [0.5, 0.6) is 0 Å². The van der Waals surface area contributed by atoms with E-state index in [1.54, 1.807) is 31.0 Å². The van der Waals surface area contributed by atoms with E-state index >= 15 is 0 Å². The molecule has 0 saturated carbocycles. The Hall–Kier alpha value is -0.750. The predicted octanol–water partition coefficient (Wildman–Crippen LogP) is 2.22. The lowest BCUT2D eigenvalue weighted by molar-refractivity contribution is -0.122. The summed E-state index contributed by atoms with van der Waals surface area (Å²) in [6.45, 7) is 0.393. The lowest BCUT2D eigenvalue weighted by Crippen LogP contribution is -2.42. The Morgan fingerprint density at radius 1 is 1.45 bits per heavy atom. The first-order chi connectivity index (χ1) is 9.58. The summed E-state index contributed by atoms with van der Waals surface area (Å²) in [4.78, 5) is 11.8. The first-order valence-electron chi connectivity index (χ1n) is 6.39. The molecule has 3 N–H and O–H groups in total. The number of benzene rings is 1. The SMILES string of the molecule is COC(CNC(=O)[C@@H](N)CCSC)c1ccc(Cl)cc1. The number of nitrogens with one attached hydrogen (secondary N) is 1. The van der Waals surface area contributed by atoms with Crippen molar-refractivity contribution in [2.24, 2.45) is 5.73 Å². The van der Waals surface area contributed by atoms with E-state index in [1.807, 2.05) is 18.4 Å². The minimum absolute atomic E-state index is 0.143. The molecule has 0 spiro atoms. The second-order valence-corrected chi connectivity index (χ2v) is 5.83. The molecule has 0 aliphatic rings. The molecule has 6 heteroatoms. The van der Waals surface area contributed by atoms with E-state index < -0.39 is 6.04 Å². The van der Waals surface area contributed by atoms with E-state index in [0.717, 1.165) is 11.3 Å². The highest BCUT2D eigenvalue weighted by Gasteiger charge is 2.16. The van der Waals surface area contributed by atoms with Crippen LogP contribution in [-0.2, 0) is 9.53 Å². The molecule has 0 fully saturated rings. The van der Waals surface area contributed by atoms with Gasteiger partial charge in [0, 0.05) is 18.7 Å². The summed E-state index contributed by atoms with van der Waals surface area (Å²) in [6, 6.07) is 6.90. The fraction of sp³-hybridized carbons (Fsp3) is 0.500. The molecule has 0 heterocycles. The van der Waals surface area contributed by atoms with Crippen molar-refractivity contribution in [1.29, 1.82) is 0 Å². The number of nitrogens with two attached hydrogens (primary N) is 1. The van der Waals surface area contributed by atoms with E-state index in [2.05, 4.69) is 5.32 Å². The molecule has 1 unspecified atom stereocenters. The van der Waals surface area contributed by atoms with Crippen molar-refractivity contribution in [2.45, 2.75) is 18.6 Å². The number of rotatable bonds is 8. The van der Waals surface area contributed by atoms with Crippen LogP contribution in [-0.4, -0.2) is 37.6 Å². The third-order valence-corrected chi connectivity index (χ3v) is 3.85. The number of thioether (sulfide) groups is 1. The van der Waals surface area contributed by atoms with Gasteiger partial charge < -0.3 is 15.8 Å². The van der Waals surface area contributed by atoms with E-state index in [-0.39, 0.29) is 12.0 Å². The standard InChI is InChI=1S/C14H21ClN2O2S/c1-19-13(10-3-5-11(15)6-4-10)9-17-14(18)12(16)7-8-20-2/h3-6,12-13H,7-9,16H2,1-2H3,(H,17,18)/t12-,13?/m0/s1. The van der Waals surface area contributed by atoms with Gasteiger partial charge in [0.2, 0.25) is 5.91 Å². The molecule has 0 aliphatic carbocycles. The largest absolute Gasteiger partial charge is 0.375 e. The van der Waals surface area contributed by atoms with Gasteiger partial charge in [0.1, 0.15) is 0 Å². The third kappa shape index (κ3) is 5.71. The van der Waals surface area contributed by atoms with Gasteiger partial charge in [-0.3, -0.25) is 4.79 Å². The maximum atomic E-state index is 11.8. The molecule has 4 nitrogen and oxygen atoms in total. The van der Waals surface area contributed by atoms with Gasteiger partial charge >= 0.3 is 0 Å². The number of hydrogen-bond acceptors (Lipinski definition) is 4. The van der Waals surface area contributed by atoms with Gasteiger partial charge in [-0.05, 0) is 36.1 Å². The van der Waals surface area contributed by atoms with Crippen LogP contribution in [0.2, 0.25) is 5.02 Å². The first kappa shape index (κ1) is 17.3. The molecule has 0 radical (unpaired) electrons. The average molecular weight is 317 g/mol. The van der Waals surface area contributed by atoms with Crippen molar-refractivity contribution < 1.29 is 9.53 Å². The second kappa shape index (κ2) is 9.23. The molecule has 1 rings (SSSR count). The van der Waals surface area contributed by atoms with Crippen molar-refractivity contribution in [1.82, 2.24) is 5.32 Å². The van der Waals surface area contributed by atoms with Crippen LogP contribution in [0.4, 0.5) is 0 Å². The summed E-state index contributed by atoms with van der Waals surface area (Å²) in [6.07, 6.45) is 2.46.